The molecule has 0 spiro atoms. The highest BCUT2D eigenvalue weighted by Gasteiger charge is 2.26. The Morgan fingerprint density at radius 2 is 1.79 bits per heavy atom. The predicted octanol–water partition coefficient (Wildman–Crippen LogP) is 4.02. The Morgan fingerprint density at radius 3 is 2.48 bits per heavy atom. The molecule has 0 saturated carbocycles. The molecule has 1 atom stereocenters. The summed E-state index contributed by atoms with van der Waals surface area (Å²) < 4.78 is 5.80. The fourth-order valence-electron chi connectivity index (χ4n) is 3.00. The summed E-state index contributed by atoms with van der Waals surface area (Å²) in [6.45, 7) is 8.69. The Balaban J connectivity index is 2.11. The maximum absolute atomic E-state index is 13.0. The van der Waals surface area contributed by atoms with E-state index < -0.39 is 6.04 Å². The van der Waals surface area contributed by atoms with Crippen molar-refractivity contribution < 1.29 is 14.3 Å². The van der Waals surface area contributed by atoms with Crippen LogP contribution >= 0.6 is 0 Å². The molecule has 2 aromatic carbocycles. The number of nitrogens with zero attached hydrogens (tertiary/aromatic N) is 1. The van der Waals surface area contributed by atoms with Crippen molar-refractivity contribution >= 4 is 11.8 Å². The first kappa shape index (κ1) is 22.5. The van der Waals surface area contributed by atoms with Crippen LogP contribution < -0.4 is 10.1 Å². The van der Waals surface area contributed by atoms with Crippen molar-refractivity contribution in [2.24, 2.45) is 0 Å². The van der Waals surface area contributed by atoms with E-state index in [2.05, 4.69) is 12.2 Å². The van der Waals surface area contributed by atoms with Crippen LogP contribution in [0.15, 0.2) is 48.5 Å². The Bertz CT molecular complexity index is 805. The van der Waals surface area contributed by atoms with E-state index in [9.17, 15) is 9.59 Å². The largest absolute Gasteiger partial charge is 0.483 e. The summed E-state index contributed by atoms with van der Waals surface area (Å²) in [4.78, 5) is 27.2. The van der Waals surface area contributed by atoms with E-state index in [-0.39, 0.29) is 18.4 Å². The fraction of sp³-hybridized carbons (Fsp3) is 0.417. The number of aryl methyl sites for hydroxylation is 1. The third-order valence-corrected chi connectivity index (χ3v) is 5.10. The van der Waals surface area contributed by atoms with Crippen LogP contribution in [-0.4, -0.2) is 35.9 Å². The van der Waals surface area contributed by atoms with E-state index >= 15 is 0 Å². The number of hydrogen-bond donors (Lipinski definition) is 1. The minimum Gasteiger partial charge on any atom is -0.483 e. The first-order chi connectivity index (χ1) is 13.9. The molecule has 5 nitrogen and oxygen atoms in total. The molecule has 0 heterocycles. The highest BCUT2D eigenvalue weighted by atomic mass is 16.5. The molecule has 0 aromatic heterocycles. The van der Waals surface area contributed by atoms with Crippen LogP contribution in [0.4, 0.5) is 0 Å². The number of amides is 2. The Labute approximate surface area is 174 Å². The number of nitrogens with one attached hydrogen (secondary N) is 1. The molecule has 0 fully saturated rings. The molecule has 2 aromatic rings. The molecule has 0 saturated heterocycles. The summed E-state index contributed by atoms with van der Waals surface area (Å²) in [6.07, 6.45) is 1.92. The van der Waals surface area contributed by atoms with Gasteiger partial charge in [-0.1, -0.05) is 55.8 Å². The molecule has 0 bridgehead atoms. The zero-order valence-corrected chi connectivity index (χ0v) is 17.9. The summed E-state index contributed by atoms with van der Waals surface area (Å²) in [5.41, 5.74) is 3.10. The van der Waals surface area contributed by atoms with Gasteiger partial charge in [0.1, 0.15) is 11.8 Å². The molecule has 2 rings (SSSR count). The number of rotatable bonds is 10. The summed E-state index contributed by atoms with van der Waals surface area (Å²) >= 11 is 0. The minimum absolute atomic E-state index is 0.107. The number of hydrogen-bond acceptors (Lipinski definition) is 3. The summed E-state index contributed by atoms with van der Waals surface area (Å²) in [5, 5.41) is 2.92. The third-order valence-electron chi connectivity index (χ3n) is 5.10. The van der Waals surface area contributed by atoms with Crippen LogP contribution in [0.25, 0.3) is 0 Å². The van der Waals surface area contributed by atoms with Gasteiger partial charge in [-0.3, -0.25) is 9.59 Å². The summed E-state index contributed by atoms with van der Waals surface area (Å²) in [5.74, 6) is 0.334. The Kier molecular flexibility index (Phi) is 8.71. The molecule has 2 amide bonds. The molecule has 0 aliphatic carbocycles. The average Bonchev–Trinajstić information content (AvgIpc) is 2.73. The SMILES string of the molecule is CCCCNC(=O)[C@H](C)N(Cc1ccccc1)C(=O)COc1cccc(C)c1C. The van der Waals surface area contributed by atoms with Crippen molar-refractivity contribution in [2.45, 2.75) is 53.1 Å². The second kappa shape index (κ2) is 11.2. The van der Waals surface area contributed by atoms with E-state index in [1.807, 2.05) is 62.4 Å². The molecular weight excluding hydrogens is 364 g/mol. The van der Waals surface area contributed by atoms with Crippen LogP contribution in [0.2, 0.25) is 0 Å². The van der Waals surface area contributed by atoms with Gasteiger partial charge in [0.15, 0.2) is 6.61 Å². The normalized spacial score (nSPS) is 11.6. The Morgan fingerprint density at radius 1 is 1.07 bits per heavy atom. The lowest BCUT2D eigenvalue weighted by atomic mass is 10.1. The Hall–Kier alpha value is -2.82. The van der Waals surface area contributed by atoms with Crippen molar-refractivity contribution in [3.8, 4) is 5.75 Å². The van der Waals surface area contributed by atoms with Crippen molar-refractivity contribution in [1.29, 1.82) is 0 Å². The van der Waals surface area contributed by atoms with Crippen molar-refractivity contribution in [3.05, 3.63) is 65.2 Å². The number of carbonyl (C=O) groups excluding carboxylic acids is 2. The van der Waals surface area contributed by atoms with Crippen molar-refractivity contribution in [2.75, 3.05) is 13.2 Å². The second-order valence-corrected chi connectivity index (χ2v) is 7.31. The van der Waals surface area contributed by atoms with Gasteiger partial charge < -0.3 is 15.0 Å². The predicted molar refractivity (Wildman–Crippen MR) is 116 cm³/mol. The fourth-order valence-corrected chi connectivity index (χ4v) is 3.00. The first-order valence-electron chi connectivity index (χ1n) is 10.2. The van der Waals surface area contributed by atoms with Gasteiger partial charge in [0.05, 0.1) is 0 Å². The van der Waals surface area contributed by atoms with Crippen molar-refractivity contribution in [3.63, 3.8) is 0 Å². The van der Waals surface area contributed by atoms with Gasteiger partial charge in [-0.2, -0.15) is 0 Å². The standard InChI is InChI=1S/C24H32N2O3/c1-5-6-15-25-24(28)20(4)26(16-21-12-8-7-9-13-21)23(27)17-29-22-14-10-11-18(2)19(22)3/h7-14,20H,5-6,15-17H2,1-4H3,(H,25,28)/t20-/m0/s1. The van der Waals surface area contributed by atoms with Crippen LogP contribution in [0, 0.1) is 13.8 Å². The molecule has 0 unspecified atom stereocenters. The van der Waals surface area contributed by atoms with Gasteiger partial charge in [-0.25, -0.2) is 0 Å². The highest BCUT2D eigenvalue weighted by molar-refractivity contribution is 5.87. The minimum atomic E-state index is -0.582. The smallest absolute Gasteiger partial charge is 0.261 e. The van der Waals surface area contributed by atoms with Gasteiger partial charge in [0.25, 0.3) is 5.91 Å². The van der Waals surface area contributed by atoms with Gasteiger partial charge >= 0.3 is 0 Å². The molecular formula is C24H32N2O3. The van der Waals surface area contributed by atoms with Gasteiger partial charge in [-0.15, -0.1) is 0 Å². The molecule has 0 aliphatic heterocycles. The molecule has 156 valence electrons. The summed E-state index contributed by atoms with van der Waals surface area (Å²) in [6, 6.07) is 14.9. The molecule has 1 N–H and O–H groups in total. The van der Waals surface area contributed by atoms with Gasteiger partial charge in [-0.05, 0) is 49.9 Å². The lowest BCUT2D eigenvalue weighted by molar-refractivity contribution is -0.142. The molecule has 0 radical (unpaired) electrons. The molecule has 29 heavy (non-hydrogen) atoms. The van der Waals surface area contributed by atoms with Crippen LogP contribution in [-0.2, 0) is 16.1 Å². The topological polar surface area (TPSA) is 58.6 Å². The monoisotopic (exact) mass is 396 g/mol. The lowest BCUT2D eigenvalue weighted by Crippen LogP contribution is -2.49. The van der Waals surface area contributed by atoms with Gasteiger partial charge in [0, 0.05) is 13.1 Å². The zero-order valence-electron chi connectivity index (χ0n) is 17.9. The van der Waals surface area contributed by atoms with Gasteiger partial charge in [0.2, 0.25) is 5.91 Å². The van der Waals surface area contributed by atoms with E-state index in [1.165, 1.54) is 0 Å². The second-order valence-electron chi connectivity index (χ2n) is 7.31. The number of ether oxygens (including phenoxy) is 1. The first-order valence-corrected chi connectivity index (χ1v) is 10.2. The average molecular weight is 397 g/mol. The zero-order chi connectivity index (χ0) is 21.2. The highest BCUT2D eigenvalue weighted by Crippen LogP contribution is 2.21. The number of carbonyl (C=O) groups is 2. The van der Waals surface area contributed by atoms with E-state index in [0.29, 0.717) is 18.8 Å². The number of unbranched alkanes of at least 4 members (excludes halogenated alkanes) is 1. The third kappa shape index (κ3) is 6.63. The van der Waals surface area contributed by atoms with E-state index in [4.69, 9.17) is 4.74 Å². The van der Waals surface area contributed by atoms with Crippen LogP contribution in [0.5, 0.6) is 5.75 Å². The summed E-state index contributed by atoms with van der Waals surface area (Å²) in [7, 11) is 0. The van der Waals surface area contributed by atoms with Crippen molar-refractivity contribution in [1.82, 2.24) is 10.2 Å². The van der Waals surface area contributed by atoms with Crippen LogP contribution in [0.1, 0.15) is 43.4 Å². The van der Waals surface area contributed by atoms with E-state index in [1.54, 1.807) is 11.8 Å². The lowest BCUT2D eigenvalue weighted by Gasteiger charge is -2.29. The quantitative estimate of drug-likeness (QED) is 0.617. The molecule has 5 heteroatoms. The van der Waals surface area contributed by atoms with Crippen LogP contribution in [0.3, 0.4) is 0 Å². The molecule has 0 aliphatic rings. The number of benzene rings is 2. The maximum atomic E-state index is 13.0. The maximum Gasteiger partial charge on any atom is 0.261 e. The van der Waals surface area contributed by atoms with E-state index in [0.717, 1.165) is 29.5 Å².